The van der Waals surface area contributed by atoms with Gasteiger partial charge in [-0.2, -0.15) is 0 Å². The molecule has 1 amide bonds. The number of ether oxygens (including phenoxy) is 1. The van der Waals surface area contributed by atoms with Crippen LogP contribution in [0.2, 0.25) is 0 Å². The summed E-state index contributed by atoms with van der Waals surface area (Å²) in [5, 5.41) is 2.75. The van der Waals surface area contributed by atoms with Gasteiger partial charge in [-0.15, -0.1) is 0 Å². The minimum Gasteiger partial charge on any atom is -0.495 e. The zero-order valence-corrected chi connectivity index (χ0v) is 14.1. The molecule has 1 N–H and O–H groups in total. The van der Waals surface area contributed by atoms with Gasteiger partial charge in [0.05, 0.1) is 24.9 Å². The summed E-state index contributed by atoms with van der Waals surface area (Å²) in [6, 6.07) is 16.0. The Balaban J connectivity index is 1.86. The number of methoxy groups -OCH3 is 1. The third kappa shape index (κ3) is 3.80. The Labute approximate surface area is 149 Å². The Bertz CT molecular complexity index is 998. The number of carbonyl (C=O) groups excluding carboxylic acids is 1. The molecule has 1 heterocycles. The molecule has 0 spiro atoms. The maximum atomic E-state index is 13.8. The second-order valence-electron chi connectivity index (χ2n) is 5.63. The molecule has 1 aromatic heterocycles. The van der Waals surface area contributed by atoms with Crippen molar-refractivity contribution in [3.63, 3.8) is 0 Å². The van der Waals surface area contributed by atoms with Gasteiger partial charge < -0.3 is 14.6 Å². The molecule has 0 saturated heterocycles. The SMILES string of the molecule is COc1ccccc1NC(=O)c1ccc(=O)n(Cc2ccccc2F)c1. The predicted octanol–water partition coefficient (Wildman–Crippen LogP) is 3.30. The van der Waals surface area contributed by atoms with Crippen molar-refractivity contribution in [2.75, 3.05) is 12.4 Å². The second kappa shape index (κ2) is 7.65. The lowest BCUT2D eigenvalue weighted by Crippen LogP contribution is -2.23. The topological polar surface area (TPSA) is 60.3 Å². The highest BCUT2D eigenvalue weighted by molar-refractivity contribution is 6.04. The lowest BCUT2D eigenvalue weighted by atomic mass is 10.2. The molecule has 0 aliphatic rings. The van der Waals surface area contributed by atoms with Gasteiger partial charge in [-0.05, 0) is 24.3 Å². The van der Waals surface area contributed by atoms with E-state index in [1.165, 1.54) is 36.1 Å². The summed E-state index contributed by atoms with van der Waals surface area (Å²) >= 11 is 0. The first-order chi connectivity index (χ1) is 12.6. The van der Waals surface area contributed by atoms with Crippen LogP contribution in [-0.4, -0.2) is 17.6 Å². The number of aromatic nitrogens is 1. The van der Waals surface area contributed by atoms with Gasteiger partial charge in [0.25, 0.3) is 11.5 Å². The van der Waals surface area contributed by atoms with Gasteiger partial charge in [0.2, 0.25) is 0 Å². The Kier molecular flexibility index (Phi) is 5.12. The fourth-order valence-corrected chi connectivity index (χ4v) is 2.54. The number of nitrogens with zero attached hydrogens (tertiary/aromatic N) is 1. The lowest BCUT2D eigenvalue weighted by molar-refractivity contribution is 0.102. The molecule has 3 rings (SSSR count). The molecule has 0 aliphatic carbocycles. The van der Waals surface area contributed by atoms with Crippen molar-refractivity contribution in [1.82, 2.24) is 4.57 Å². The number of benzene rings is 2. The standard InChI is InChI=1S/C20H17FN2O3/c1-26-18-9-5-4-8-17(18)22-20(25)15-10-11-19(24)23(13-15)12-14-6-2-3-7-16(14)21/h2-11,13H,12H2,1H3,(H,22,25). The van der Waals surface area contributed by atoms with E-state index in [2.05, 4.69) is 5.32 Å². The zero-order valence-electron chi connectivity index (χ0n) is 14.1. The first kappa shape index (κ1) is 17.4. The molecule has 0 radical (unpaired) electrons. The summed E-state index contributed by atoms with van der Waals surface area (Å²) in [6.07, 6.45) is 1.42. The number of para-hydroxylation sites is 2. The van der Waals surface area contributed by atoms with E-state index in [0.717, 1.165) is 0 Å². The van der Waals surface area contributed by atoms with E-state index >= 15 is 0 Å². The Morgan fingerprint density at radius 1 is 1.08 bits per heavy atom. The minimum absolute atomic E-state index is 0.0429. The van der Waals surface area contributed by atoms with Crippen LogP contribution in [-0.2, 0) is 6.54 Å². The number of carbonyl (C=O) groups is 1. The van der Waals surface area contributed by atoms with Crippen molar-refractivity contribution in [3.8, 4) is 5.75 Å². The fourth-order valence-electron chi connectivity index (χ4n) is 2.54. The van der Waals surface area contributed by atoms with Crippen molar-refractivity contribution >= 4 is 11.6 Å². The first-order valence-corrected chi connectivity index (χ1v) is 7.97. The van der Waals surface area contributed by atoms with E-state index in [1.54, 1.807) is 42.5 Å². The van der Waals surface area contributed by atoms with E-state index in [1.807, 2.05) is 0 Å². The second-order valence-corrected chi connectivity index (χ2v) is 5.63. The van der Waals surface area contributed by atoms with Crippen molar-refractivity contribution in [2.24, 2.45) is 0 Å². The highest BCUT2D eigenvalue weighted by Gasteiger charge is 2.11. The average molecular weight is 352 g/mol. The Hall–Kier alpha value is -3.41. The monoisotopic (exact) mass is 352 g/mol. The van der Waals surface area contributed by atoms with Crippen LogP contribution in [0.1, 0.15) is 15.9 Å². The molecule has 0 fully saturated rings. The van der Waals surface area contributed by atoms with E-state index in [-0.39, 0.29) is 17.7 Å². The molecule has 3 aromatic rings. The molecule has 0 aliphatic heterocycles. The predicted molar refractivity (Wildman–Crippen MR) is 97.2 cm³/mol. The molecule has 0 saturated carbocycles. The quantitative estimate of drug-likeness (QED) is 0.766. The van der Waals surface area contributed by atoms with Gasteiger partial charge in [-0.1, -0.05) is 30.3 Å². The van der Waals surface area contributed by atoms with Crippen LogP contribution in [0, 0.1) is 5.82 Å². The van der Waals surface area contributed by atoms with Gasteiger partial charge in [0.15, 0.2) is 0 Å². The summed E-state index contributed by atoms with van der Waals surface area (Å²) in [5.74, 6) is -0.263. The summed E-state index contributed by atoms with van der Waals surface area (Å²) < 4.78 is 20.3. The van der Waals surface area contributed by atoms with Crippen LogP contribution in [0.3, 0.4) is 0 Å². The van der Waals surface area contributed by atoms with Gasteiger partial charge >= 0.3 is 0 Å². The maximum absolute atomic E-state index is 13.8. The molecule has 0 bridgehead atoms. The molecule has 2 aromatic carbocycles. The molecule has 0 unspecified atom stereocenters. The van der Waals surface area contributed by atoms with Crippen molar-refractivity contribution < 1.29 is 13.9 Å². The third-order valence-electron chi connectivity index (χ3n) is 3.90. The number of halogens is 1. The largest absolute Gasteiger partial charge is 0.495 e. The van der Waals surface area contributed by atoms with Gasteiger partial charge in [-0.3, -0.25) is 9.59 Å². The van der Waals surface area contributed by atoms with Crippen LogP contribution >= 0.6 is 0 Å². The van der Waals surface area contributed by atoms with E-state index in [9.17, 15) is 14.0 Å². The van der Waals surface area contributed by atoms with Gasteiger partial charge in [0.1, 0.15) is 11.6 Å². The first-order valence-electron chi connectivity index (χ1n) is 7.97. The zero-order chi connectivity index (χ0) is 18.5. The van der Waals surface area contributed by atoms with Gasteiger partial charge in [-0.25, -0.2) is 4.39 Å². The smallest absolute Gasteiger partial charge is 0.257 e. The summed E-state index contributed by atoms with van der Waals surface area (Å²) in [5.41, 5.74) is 0.859. The number of anilines is 1. The van der Waals surface area contributed by atoms with Crippen molar-refractivity contribution in [1.29, 1.82) is 0 Å². The molecule has 26 heavy (non-hydrogen) atoms. The summed E-state index contributed by atoms with van der Waals surface area (Å²) in [4.78, 5) is 24.6. The number of pyridine rings is 1. The van der Waals surface area contributed by atoms with Crippen LogP contribution in [0.15, 0.2) is 71.7 Å². The fraction of sp³-hybridized carbons (Fsp3) is 0.100. The maximum Gasteiger partial charge on any atom is 0.257 e. The van der Waals surface area contributed by atoms with Crippen LogP contribution < -0.4 is 15.6 Å². The Morgan fingerprint density at radius 3 is 2.58 bits per heavy atom. The number of amides is 1. The highest BCUT2D eigenvalue weighted by Crippen LogP contribution is 2.23. The third-order valence-corrected chi connectivity index (χ3v) is 3.90. The van der Waals surface area contributed by atoms with Crippen molar-refractivity contribution in [2.45, 2.75) is 6.54 Å². The Morgan fingerprint density at radius 2 is 1.81 bits per heavy atom. The molecule has 132 valence electrons. The number of nitrogens with one attached hydrogen (secondary N) is 1. The van der Waals surface area contributed by atoms with Gasteiger partial charge in [0, 0.05) is 17.8 Å². The summed E-state index contributed by atoms with van der Waals surface area (Å²) in [7, 11) is 1.51. The molecule has 5 nitrogen and oxygen atoms in total. The van der Waals surface area contributed by atoms with Crippen LogP contribution in [0.25, 0.3) is 0 Å². The van der Waals surface area contributed by atoms with Crippen LogP contribution in [0.5, 0.6) is 5.75 Å². The number of hydrogen-bond acceptors (Lipinski definition) is 3. The number of hydrogen-bond donors (Lipinski definition) is 1. The van der Waals surface area contributed by atoms with Crippen LogP contribution in [0.4, 0.5) is 10.1 Å². The van der Waals surface area contributed by atoms with Crippen molar-refractivity contribution in [3.05, 3.63) is 94.2 Å². The molecule has 0 atom stereocenters. The minimum atomic E-state index is -0.400. The molecular weight excluding hydrogens is 335 g/mol. The van der Waals surface area contributed by atoms with E-state index in [4.69, 9.17) is 4.74 Å². The van der Waals surface area contributed by atoms with E-state index in [0.29, 0.717) is 17.0 Å². The molecular formula is C20H17FN2O3. The molecule has 6 heteroatoms. The van der Waals surface area contributed by atoms with E-state index < -0.39 is 11.7 Å². The average Bonchev–Trinajstić information content (AvgIpc) is 2.65. The lowest BCUT2D eigenvalue weighted by Gasteiger charge is -2.11. The number of rotatable bonds is 5. The summed E-state index contributed by atoms with van der Waals surface area (Å²) in [6.45, 7) is 0.0429. The normalized spacial score (nSPS) is 10.4. The highest BCUT2D eigenvalue weighted by atomic mass is 19.1.